The molecule has 1 fully saturated rings. The Morgan fingerprint density at radius 2 is 1.94 bits per heavy atom. The van der Waals surface area contributed by atoms with E-state index in [1.165, 1.54) is 5.56 Å². The Balaban J connectivity index is 1.52. The van der Waals surface area contributed by atoms with E-state index in [-0.39, 0.29) is 12.5 Å². The zero-order valence-corrected chi connectivity index (χ0v) is 19.0. The molecule has 3 aromatic rings. The fraction of sp³-hybridized carbons (Fsp3) is 0.391. The van der Waals surface area contributed by atoms with Gasteiger partial charge in [-0.15, -0.1) is 0 Å². The number of carbonyl (C=O) groups is 1. The number of nitrogens with zero attached hydrogens (tertiary/aromatic N) is 3. The van der Waals surface area contributed by atoms with Gasteiger partial charge in [-0.05, 0) is 24.6 Å². The lowest BCUT2D eigenvalue weighted by Gasteiger charge is -2.26. The van der Waals surface area contributed by atoms with Gasteiger partial charge in [0.05, 0.1) is 34.3 Å². The van der Waals surface area contributed by atoms with E-state index in [9.17, 15) is 4.79 Å². The van der Waals surface area contributed by atoms with Crippen LogP contribution >= 0.6 is 23.2 Å². The van der Waals surface area contributed by atoms with Crippen LogP contribution in [0.25, 0.3) is 11.0 Å². The summed E-state index contributed by atoms with van der Waals surface area (Å²) in [6, 6.07) is 11.8. The van der Waals surface area contributed by atoms with Crippen LogP contribution in [0.4, 0.5) is 0 Å². The second kappa shape index (κ2) is 10.0. The average molecular weight is 461 g/mol. The molecule has 0 saturated carbocycles. The number of nitrogens with one attached hydrogen (secondary N) is 1. The van der Waals surface area contributed by atoms with Crippen LogP contribution in [0.2, 0.25) is 10.0 Å². The predicted molar refractivity (Wildman–Crippen MR) is 124 cm³/mol. The number of aromatic nitrogens is 2. The van der Waals surface area contributed by atoms with Crippen LogP contribution in [0.1, 0.15) is 17.0 Å². The highest BCUT2D eigenvalue weighted by Crippen LogP contribution is 2.29. The van der Waals surface area contributed by atoms with Crippen molar-refractivity contribution in [1.82, 2.24) is 19.8 Å². The Morgan fingerprint density at radius 3 is 2.71 bits per heavy atom. The third-order valence-electron chi connectivity index (χ3n) is 5.47. The Bertz CT molecular complexity index is 1080. The lowest BCUT2D eigenvalue weighted by Crippen LogP contribution is -2.41. The minimum absolute atomic E-state index is 0.0517. The summed E-state index contributed by atoms with van der Waals surface area (Å²) >= 11 is 12.5. The van der Waals surface area contributed by atoms with Gasteiger partial charge in [0.25, 0.3) is 0 Å². The van der Waals surface area contributed by atoms with Gasteiger partial charge in [-0.1, -0.05) is 53.0 Å². The number of imidazole rings is 1. The highest BCUT2D eigenvalue weighted by atomic mass is 35.5. The van der Waals surface area contributed by atoms with Gasteiger partial charge in [-0.25, -0.2) is 4.98 Å². The molecule has 0 spiro atoms. The molecule has 0 unspecified atom stereocenters. The number of benzene rings is 2. The molecule has 1 aromatic heterocycles. The van der Waals surface area contributed by atoms with Crippen molar-refractivity contribution in [3.63, 3.8) is 0 Å². The summed E-state index contributed by atoms with van der Waals surface area (Å²) in [6.07, 6.45) is 0.618. The SMILES string of the molecule is Cc1cccc(Cc2nc3cc(Cl)c(Cl)cc3n2CC(=O)NCCN2CCOCC2)c1. The van der Waals surface area contributed by atoms with Crippen molar-refractivity contribution in [2.45, 2.75) is 19.9 Å². The van der Waals surface area contributed by atoms with Gasteiger partial charge in [0.2, 0.25) is 5.91 Å². The predicted octanol–water partition coefficient (Wildman–Crippen LogP) is 3.69. The molecule has 1 N–H and O–H groups in total. The second-order valence-corrected chi connectivity index (χ2v) is 8.65. The average Bonchev–Trinajstić information content (AvgIpc) is 3.05. The van der Waals surface area contributed by atoms with Gasteiger partial charge < -0.3 is 14.6 Å². The Morgan fingerprint density at radius 1 is 1.16 bits per heavy atom. The second-order valence-electron chi connectivity index (χ2n) is 7.84. The van der Waals surface area contributed by atoms with Gasteiger partial charge in [0.15, 0.2) is 0 Å². The first-order valence-corrected chi connectivity index (χ1v) is 11.2. The lowest BCUT2D eigenvalue weighted by molar-refractivity contribution is -0.121. The molecule has 2 heterocycles. The molecular formula is C23H26Cl2N4O2. The summed E-state index contributed by atoms with van der Waals surface area (Å²) in [4.78, 5) is 19.8. The van der Waals surface area contributed by atoms with E-state index in [4.69, 9.17) is 32.9 Å². The Labute approximate surface area is 192 Å². The van der Waals surface area contributed by atoms with Crippen LogP contribution in [-0.2, 0) is 22.5 Å². The first-order chi connectivity index (χ1) is 15.0. The molecule has 1 aliphatic heterocycles. The minimum atomic E-state index is -0.0517. The van der Waals surface area contributed by atoms with Gasteiger partial charge in [0.1, 0.15) is 12.4 Å². The maximum atomic E-state index is 12.7. The molecule has 1 aliphatic rings. The van der Waals surface area contributed by atoms with Gasteiger partial charge in [-0.3, -0.25) is 9.69 Å². The number of ether oxygens (including phenoxy) is 1. The summed E-state index contributed by atoms with van der Waals surface area (Å²) < 4.78 is 7.30. The molecule has 164 valence electrons. The molecular weight excluding hydrogens is 435 g/mol. The van der Waals surface area contributed by atoms with E-state index in [2.05, 4.69) is 35.3 Å². The highest BCUT2D eigenvalue weighted by Gasteiger charge is 2.17. The summed E-state index contributed by atoms with van der Waals surface area (Å²) in [6.45, 7) is 6.97. The van der Waals surface area contributed by atoms with E-state index in [0.29, 0.717) is 23.0 Å². The zero-order chi connectivity index (χ0) is 21.8. The maximum Gasteiger partial charge on any atom is 0.240 e. The number of morpholine rings is 1. The van der Waals surface area contributed by atoms with Crippen LogP contribution < -0.4 is 5.32 Å². The van der Waals surface area contributed by atoms with Gasteiger partial charge in [-0.2, -0.15) is 0 Å². The van der Waals surface area contributed by atoms with Crippen LogP contribution in [0, 0.1) is 6.92 Å². The molecule has 4 rings (SSSR count). The number of aryl methyl sites for hydroxylation is 1. The summed E-state index contributed by atoms with van der Waals surface area (Å²) in [5.41, 5.74) is 3.87. The van der Waals surface area contributed by atoms with Crippen molar-refractivity contribution in [2.75, 3.05) is 39.4 Å². The summed E-state index contributed by atoms with van der Waals surface area (Å²) in [5, 5.41) is 3.93. The molecule has 0 atom stereocenters. The van der Waals surface area contributed by atoms with Crippen molar-refractivity contribution in [2.24, 2.45) is 0 Å². The fourth-order valence-corrected chi connectivity index (χ4v) is 4.18. The number of amides is 1. The van der Waals surface area contributed by atoms with E-state index >= 15 is 0 Å². The van der Waals surface area contributed by atoms with Gasteiger partial charge >= 0.3 is 0 Å². The molecule has 0 radical (unpaired) electrons. The van der Waals surface area contributed by atoms with Crippen LogP contribution in [0.3, 0.4) is 0 Å². The molecule has 0 bridgehead atoms. The van der Waals surface area contributed by atoms with E-state index in [0.717, 1.165) is 55.3 Å². The summed E-state index contributed by atoms with van der Waals surface area (Å²) in [7, 11) is 0. The van der Waals surface area contributed by atoms with Crippen molar-refractivity contribution in [1.29, 1.82) is 0 Å². The Kier molecular flexibility index (Phi) is 7.13. The van der Waals surface area contributed by atoms with E-state index in [1.807, 2.05) is 10.6 Å². The number of halogens is 2. The monoisotopic (exact) mass is 460 g/mol. The van der Waals surface area contributed by atoms with E-state index < -0.39 is 0 Å². The molecule has 2 aromatic carbocycles. The first-order valence-electron chi connectivity index (χ1n) is 10.5. The molecule has 1 amide bonds. The van der Waals surface area contributed by atoms with Crippen molar-refractivity contribution in [3.05, 3.63) is 63.4 Å². The van der Waals surface area contributed by atoms with Gasteiger partial charge in [0, 0.05) is 32.6 Å². The van der Waals surface area contributed by atoms with Crippen LogP contribution in [-0.4, -0.2) is 59.8 Å². The van der Waals surface area contributed by atoms with Crippen LogP contribution in [0.15, 0.2) is 36.4 Å². The third kappa shape index (κ3) is 5.57. The minimum Gasteiger partial charge on any atom is -0.379 e. The normalized spacial score (nSPS) is 14.8. The molecule has 6 nitrogen and oxygen atoms in total. The zero-order valence-electron chi connectivity index (χ0n) is 17.5. The molecule has 31 heavy (non-hydrogen) atoms. The number of hydrogen-bond acceptors (Lipinski definition) is 4. The third-order valence-corrected chi connectivity index (χ3v) is 6.19. The van der Waals surface area contributed by atoms with Crippen molar-refractivity contribution < 1.29 is 9.53 Å². The fourth-order valence-electron chi connectivity index (χ4n) is 3.86. The standard InChI is InChI=1S/C23H26Cl2N4O2/c1-16-3-2-4-17(11-16)12-22-27-20-13-18(24)19(25)14-21(20)29(22)15-23(30)26-5-6-28-7-9-31-10-8-28/h2-4,11,13-14H,5-10,12,15H2,1H3,(H,26,30). The lowest BCUT2D eigenvalue weighted by atomic mass is 10.1. The number of fused-ring (bicyclic) bond motifs is 1. The molecule has 0 aliphatic carbocycles. The van der Waals surface area contributed by atoms with Crippen molar-refractivity contribution in [3.8, 4) is 0 Å². The quantitative estimate of drug-likeness (QED) is 0.583. The van der Waals surface area contributed by atoms with E-state index in [1.54, 1.807) is 12.1 Å². The summed E-state index contributed by atoms with van der Waals surface area (Å²) in [5.74, 6) is 0.756. The number of hydrogen-bond donors (Lipinski definition) is 1. The van der Waals surface area contributed by atoms with Crippen molar-refractivity contribution >= 4 is 40.1 Å². The highest BCUT2D eigenvalue weighted by molar-refractivity contribution is 6.42. The molecule has 8 heteroatoms. The largest absolute Gasteiger partial charge is 0.379 e. The number of rotatable bonds is 7. The topological polar surface area (TPSA) is 59.4 Å². The Hall–Kier alpha value is -2.12. The first kappa shape index (κ1) is 22.1. The molecule has 1 saturated heterocycles. The maximum absolute atomic E-state index is 12.7. The number of carbonyl (C=O) groups excluding carboxylic acids is 1. The van der Waals surface area contributed by atoms with Crippen LogP contribution in [0.5, 0.6) is 0 Å². The smallest absolute Gasteiger partial charge is 0.240 e.